The minimum absolute atomic E-state index is 0.227. The molecule has 2 unspecified atom stereocenters. The van der Waals surface area contributed by atoms with Crippen LogP contribution in [0.1, 0.15) is 6.42 Å². The highest BCUT2D eigenvalue weighted by atomic mass is 127. The highest BCUT2D eigenvalue weighted by Gasteiger charge is 2.33. The Morgan fingerprint density at radius 1 is 1.09 bits per heavy atom. The van der Waals surface area contributed by atoms with Crippen LogP contribution in [-0.2, 0) is 0 Å². The number of aliphatic hydroxyl groups excluding tert-OH is 1. The number of piperazine rings is 1. The van der Waals surface area contributed by atoms with E-state index in [0.717, 1.165) is 52.2 Å². The number of para-hydroxylation sites is 1. The van der Waals surface area contributed by atoms with Crippen molar-refractivity contribution in [2.45, 2.75) is 18.6 Å². The summed E-state index contributed by atoms with van der Waals surface area (Å²) in [5.74, 6) is 0. The van der Waals surface area contributed by atoms with Gasteiger partial charge in [0.25, 0.3) is 0 Å². The Morgan fingerprint density at radius 2 is 1.83 bits per heavy atom. The molecular formula is C18H26IN3O. The molecule has 3 rings (SSSR count). The molecule has 2 fully saturated rings. The van der Waals surface area contributed by atoms with Crippen molar-refractivity contribution in [1.82, 2.24) is 9.80 Å². The van der Waals surface area contributed by atoms with E-state index in [2.05, 4.69) is 77.8 Å². The van der Waals surface area contributed by atoms with Crippen LogP contribution in [0.25, 0.3) is 0 Å². The summed E-state index contributed by atoms with van der Waals surface area (Å²) in [5, 5.41) is 10.6. The average molecular weight is 427 g/mol. The van der Waals surface area contributed by atoms with E-state index >= 15 is 0 Å². The van der Waals surface area contributed by atoms with E-state index in [0.29, 0.717) is 6.04 Å². The summed E-state index contributed by atoms with van der Waals surface area (Å²) >= 11 is 2.25. The Kier molecular flexibility index (Phi) is 6.33. The smallest absolute Gasteiger partial charge is 0.0822 e. The molecule has 0 saturated carbocycles. The van der Waals surface area contributed by atoms with Gasteiger partial charge >= 0.3 is 0 Å². The van der Waals surface area contributed by atoms with Crippen LogP contribution in [0.5, 0.6) is 0 Å². The number of rotatable bonds is 4. The molecule has 1 aromatic rings. The molecule has 0 bridgehead atoms. The molecule has 4 nitrogen and oxygen atoms in total. The number of hydrogen-bond acceptors (Lipinski definition) is 4. The van der Waals surface area contributed by atoms with Crippen molar-refractivity contribution in [2.24, 2.45) is 0 Å². The molecule has 1 N–H and O–H groups in total. The first-order valence-electron chi connectivity index (χ1n) is 8.47. The van der Waals surface area contributed by atoms with Gasteiger partial charge in [-0.1, -0.05) is 46.9 Å². The van der Waals surface area contributed by atoms with Crippen LogP contribution in [0.4, 0.5) is 5.69 Å². The maximum atomic E-state index is 10.6. The normalized spacial score (nSPS) is 27.7. The number of aliphatic hydroxyl groups is 1. The van der Waals surface area contributed by atoms with Gasteiger partial charge in [-0.25, -0.2) is 0 Å². The van der Waals surface area contributed by atoms with Crippen LogP contribution < -0.4 is 4.90 Å². The Hall–Kier alpha value is -0.630. The molecular weight excluding hydrogens is 401 g/mol. The fraction of sp³-hybridized carbons (Fsp3) is 0.556. The molecule has 5 heteroatoms. The molecule has 23 heavy (non-hydrogen) atoms. The molecule has 2 atom stereocenters. The van der Waals surface area contributed by atoms with E-state index < -0.39 is 0 Å². The van der Waals surface area contributed by atoms with E-state index in [1.807, 2.05) is 0 Å². The lowest BCUT2D eigenvalue weighted by Crippen LogP contribution is -2.58. The zero-order valence-corrected chi connectivity index (χ0v) is 15.7. The number of benzene rings is 1. The van der Waals surface area contributed by atoms with Gasteiger partial charge in [-0.05, 0) is 22.6 Å². The quantitative estimate of drug-likeness (QED) is 0.747. The molecule has 0 amide bonds. The van der Waals surface area contributed by atoms with Gasteiger partial charge in [0.15, 0.2) is 0 Å². The first-order chi connectivity index (χ1) is 11.3. The van der Waals surface area contributed by atoms with Crippen molar-refractivity contribution in [1.29, 1.82) is 0 Å². The maximum Gasteiger partial charge on any atom is 0.0822 e. The number of anilines is 1. The predicted molar refractivity (Wildman–Crippen MR) is 104 cm³/mol. The molecule has 2 saturated heterocycles. The Balaban J connectivity index is 1.50. The first kappa shape index (κ1) is 17.2. The second-order valence-corrected chi connectivity index (χ2v) is 7.12. The minimum atomic E-state index is -0.227. The standard InChI is InChI=1S/C18H26IN3O/c19-8-4-9-20-10-7-17(18(23)15-20)22-13-11-21(12-14-22)16-5-2-1-3-6-16/h1-6,8,17-18,23H,7,9-15H2/b8-4+. The largest absolute Gasteiger partial charge is 0.390 e. The third-order valence-corrected chi connectivity index (χ3v) is 5.50. The van der Waals surface area contributed by atoms with Crippen LogP contribution in [0, 0.1) is 0 Å². The van der Waals surface area contributed by atoms with Gasteiger partial charge in [0, 0.05) is 57.5 Å². The van der Waals surface area contributed by atoms with Gasteiger partial charge in [0.1, 0.15) is 0 Å². The fourth-order valence-corrected chi connectivity index (χ4v) is 3.94. The van der Waals surface area contributed by atoms with Crippen molar-refractivity contribution in [3.63, 3.8) is 0 Å². The number of piperidine rings is 1. The van der Waals surface area contributed by atoms with Gasteiger partial charge in [-0.3, -0.25) is 9.80 Å². The fourth-order valence-electron chi connectivity index (χ4n) is 3.72. The number of hydrogen-bond donors (Lipinski definition) is 1. The van der Waals surface area contributed by atoms with Crippen LogP contribution in [0.15, 0.2) is 40.5 Å². The Morgan fingerprint density at radius 3 is 2.48 bits per heavy atom. The van der Waals surface area contributed by atoms with Gasteiger partial charge < -0.3 is 10.0 Å². The Bertz CT molecular complexity index is 502. The molecule has 0 aromatic heterocycles. The molecule has 2 aliphatic rings. The summed E-state index contributed by atoms with van der Waals surface area (Å²) in [6.07, 6.45) is 3.00. The summed E-state index contributed by atoms with van der Waals surface area (Å²) in [4.78, 5) is 7.29. The number of nitrogens with zero attached hydrogens (tertiary/aromatic N) is 3. The third-order valence-electron chi connectivity index (χ3n) is 4.99. The van der Waals surface area contributed by atoms with E-state index in [-0.39, 0.29) is 6.10 Å². The van der Waals surface area contributed by atoms with E-state index in [1.165, 1.54) is 5.69 Å². The van der Waals surface area contributed by atoms with Crippen LogP contribution in [0.2, 0.25) is 0 Å². The molecule has 126 valence electrons. The average Bonchev–Trinajstić information content (AvgIpc) is 2.61. The van der Waals surface area contributed by atoms with Crippen molar-refractivity contribution in [3.8, 4) is 0 Å². The van der Waals surface area contributed by atoms with Crippen LogP contribution >= 0.6 is 22.6 Å². The van der Waals surface area contributed by atoms with Crippen molar-refractivity contribution < 1.29 is 5.11 Å². The summed E-state index contributed by atoms with van der Waals surface area (Å²) in [7, 11) is 0. The summed E-state index contributed by atoms with van der Waals surface area (Å²) in [6, 6.07) is 11.0. The number of β-amino-alcohol motifs (C(OH)–C–C–N with tert-alkyl or cyclic N) is 1. The van der Waals surface area contributed by atoms with E-state index in [9.17, 15) is 5.11 Å². The van der Waals surface area contributed by atoms with Crippen LogP contribution in [-0.4, -0.2) is 72.9 Å². The van der Waals surface area contributed by atoms with Gasteiger partial charge in [-0.15, -0.1) is 0 Å². The van der Waals surface area contributed by atoms with Gasteiger partial charge in [0.2, 0.25) is 0 Å². The minimum Gasteiger partial charge on any atom is -0.390 e. The highest BCUT2D eigenvalue weighted by Crippen LogP contribution is 2.21. The maximum absolute atomic E-state index is 10.6. The summed E-state index contributed by atoms with van der Waals surface area (Å²) in [5.41, 5.74) is 1.31. The topological polar surface area (TPSA) is 30.0 Å². The van der Waals surface area contributed by atoms with E-state index in [1.54, 1.807) is 0 Å². The molecule has 0 radical (unpaired) electrons. The zero-order valence-electron chi connectivity index (χ0n) is 13.5. The lowest BCUT2D eigenvalue weighted by atomic mass is 9.99. The second kappa shape index (κ2) is 8.46. The third kappa shape index (κ3) is 4.47. The van der Waals surface area contributed by atoms with Crippen molar-refractivity contribution in [2.75, 3.05) is 50.7 Å². The van der Waals surface area contributed by atoms with Gasteiger partial charge in [-0.2, -0.15) is 0 Å². The first-order valence-corrected chi connectivity index (χ1v) is 9.72. The second-order valence-electron chi connectivity index (χ2n) is 6.40. The van der Waals surface area contributed by atoms with Crippen LogP contribution in [0.3, 0.4) is 0 Å². The molecule has 0 spiro atoms. The number of halogens is 1. The molecule has 1 aromatic carbocycles. The molecule has 2 heterocycles. The highest BCUT2D eigenvalue weighted by molar-refractivity contribution is 14.1. The lowest BCUT2D eigenvalue weighted by Gasteiger charge is -2.45. The SMILES string of the molecule is OC1CN(C/C=C/I)CCC1N1CCN(c2ccccc2)CC1. The summed E-state index contributed by atoms with van der Waals surface area (Å²) < 4.78 is 2.05. The van der Waals surface area contributed by atoms with Crippen molar-refractivity contribution >= 4 is 28.3 Å². The van der Waals surface area contributed by atoms with Crippen molar-refractivity contribution in [3.05, 3.63) is 40.5 Å². The summed E-state index contributed by atoms with van der Waals surface area (Å²) in [6.45, 7) is 7.03. The predicted octanol–water partition coefficient (Wildman–Crippen LogP) is 2.19. The lowest BCUT2D eigenvalue weighted by molar-refractivity contribution is -0.0116. The Labute approximate surface area is 152 Å². The zero-order chi connectivity index (χ0) is 16.1. The molecule has 2 aliphatic heterocycles. The number of likely N-dealkylation sites (tertiary alicyclic amines) is 1. The van der Waals surface area contributed by atoms with Gasteiger partial charge in [0.05, 0.1) is 6.10 Å². The monoisotopic (exact) mass is 427 g/mol. The molecule has 0 aliphatic carbocycles. The van der Waals surface area contributed by atoms with E-state index in [4.69, 9.17) is 0 Å².